The van der Waals surface area contributed by atoms with Gasteiger partial charge in [0.1, 0.15) is 17.5 Å². The number of nitrogens with one attached hydrogen (secondary N) is 1. The molecule has 1 aromatic carbocycles. The molecule has 2 aromatic heterocycles. The van der Waals surface area contributed by atoms with E-state index >= 15 is 0 Å². The quantitative estimate of drug-likeness (QED) is 0.583. The molecule has 0 aliphatic heterocycles. The highest BCUT2D eigenvalue weighted by Crippen LogP contribution is 2.17. The fourth-order valence-corrected chi connectivity index (χ4v) is 3.86. The fraction of sp³-hybridized carbons (Fsp3) is 0.364. The third-order valence-electron chi connectivity index (χ3n) is 4.51. The summed E-state index contributed by atoms with van der Waals surface area (Å²) in [5.74, 6) is 0.664. The summed E-state index contributed by atoms with van der Waals surface area (Å²) in [6.45, 7) is 6.01. The summed E-state index contributed by atoms with van der Waals surface area (Å²) >= 11 is 1.72. The summed E-state index contributed by atoms with van der Waals surface area (Å²) in [7, 11) is 3.88. The zero-order valence-corrected chi connectivity index (χ0v) is 18.2. The first-order valence-electron chi connectivity index (χ1n) is 9.65. The van der Waals surface area contributed by atoms with Gasteiger partial charge in [0, 0.05) is 20.1 Å². The summed E-state index contributed by atoms with van der Waals surface area (Å²) in [6, 6.07) is 12.1. The minimum Gasteiger partial charge on any atom is -0.489 e. The molecule has 3 aromatic rings. The van der Waals surface area contributed by atoms with Gasteiger partial charge in [-0.2, -0.15) is 16.4 Å². The SMILES string of the molecule is Cc1cc(C(=O)NCC(C)Oc2cccc(CN(C)Cc3ccsc3)c2)n(C)n1. The number of hydrogen-bond donors (Lipinski definition) is 1. The van der Waals surface area contributed by atoms with Crippen LogP contribution in [0, 0.1) is 6.92 Å². The topological polar surface area (TPSA) is 59.4 Å². The Kier molecular flexibility index (Phi) is 7.06. The Hall–Kier alpha value is -2.64. The van der Waals surface area contributed by atoms with E-state index in [2.05, 4.69) is 51.3 Å². The summed E-state index contributed by atoms with van der Waals surface area (Å²) in [5, 5.41) is 11.4. The molecule has 29 heavy (non-hydrogen) atoms. The number of nitrogens with zero attached hydrogens (tertiary/aromatic N) is 3. The molecule has 0 saturated heterocycles. The highest BCUT2D eigenvalue weighted by Gasteiger charge is 2.13. The second-order valence-electron chi connectivity index (χ2n) is 7.38. The molecule has 0 spiro atoms. The predicted molar refractivity (Wildman–Crippen MR) is 116 cm³/mol. The average Bonchev–Trinajstić information content (AvgIpc) is 3.29. The maximum Gasteiger partial charge on any atom is 0.269 e. The molecule has 0 bridgehead atoms. The zero-order valence-electron chi connectivity index (χ0n) is 17.4. The predicted octanol–water partition coefficient (Wildman–Crippen LogP) is 3.62. The van der Waals surface area contributed by atoms with Crippen LogP contribution in [-0.2, 0) is 20.1 Å². The third kappa shape index (κ3) is 6.17. The number of benzene rings is 1. The van der Waals surface area contributed by atoms with Crippen LogP contribution in [0.25, 0.3) is 0 Å². The molecular formula is C22H28N4O2S. The van der Waals surface area contributed by atoms with Crippen LogP contribution in [0.2, 0.25) is 0 Å². The molecule has 1 unspecified atom stereocenters. The van der Waals surface area contributed by atoms with E-state index in [1.807, 2.05) is 26.0 Å². The van der Waals surface area contributed by atoms with Gasteiger partial charge in [0.25, 0.3) is 5.91 Å². The van der Waals surface area contributed by atoms with Crippen molar-refractivity contribution < 1.29 is 9.53 Å². The molecule has 0 aliphatic carbocycles. The second-order valence-corrected chi connectivity index (χ2v) is 8.16. The van der Waals surface area contributed by atoms with Crippen LogP contribution in [0.5, 0.6) is 5.75 Å². The van der Waals surface area contributed by atoms with Crippen molar-refractivity contribution in [2.24, 2.45) is 7.05 Å². The number of rotatable bonds is 9. The van der Waals surface area contributed by atoms with Crippen LogP contribution < -0.4 is 10.1 Å². The van der Waals surface area contributed by atoms with E-state index < -0.39 is 0 Å². The van der Waals surface area contributed by atoms with E-state index in [1.54, 1.807) is 29.1 Å². The van der Waals surface area contributed by atoms with Gasteiger partial charge in [0.05, 0.1) is 12.2 Å². The lowest BCUT2D eigenvalue weighted by atomic mass is 10.2. The van der Waals surface area contributed by atoms with Gasteiger partial charge in [-0.1, -0.05) is 12.1 Å². The number of ether oxygens (including phenoxy) is 1. The molecule has 1 amide bonds. The molecule has 0 saturated carbocycles. The van der Waals surface area contributed by atoms with E-state index in [4.69, 9.17) is 4.74 Å². The molecule has 6 nitrogen and oxygen atoms in total. The molecular weight excluding hydrogens is 384 g/mol. The summed E-state index contributed by atoms with van der Waals surface area (Å²) in [4.78, 5) is 14.6. The van der Waals surface area contributed by atoms with Gasteiger partial charge >= 0.3 is 0 Å². The first-order chi connectivity index (χ1) is 13.9. The van der Waals surface area contributed by atoms with Gasteiger partial charge in [0.15, 0.2) is 0 Å². The summed E-state index contributed by atoms with van der Waals surface area (Å²) < 4.78 is 7.60. The van der Waals surface area contributed by atoms with Gasteiger partial charge in [-0.3, -0.25) is 14.4 Å². The molecule has 0 radical (unpaired) electrons. The lowest BCUT2D eigenvalue weighted by Gasteiger charge is -2.18. The van der Waals surface area contributed by atoms with Crippen LogP contribution in [-0.4, -0.2) is 40.3 Å². The number of aryl methyl sites for hydroxylation is 2. The first kappa shape index (κ1) is 21.1. The largest absolute Gasteiger partial charge is 0.489 e. The maximum atomic E-state index is 12.3. The minimum absolute atomic E-state index is 0.146. The van der Waals surface area contributed by atoms with E-state index in [1.165, 1.54) is 11.1 Å². The van der Waals surface area contributed by atoms with Crippen molar-refractivity contribution in [2.45, 2.75) is 33.0 Å². The monoisotopic (exact) mass is 412 g/mol. The zero-order chi connectivity index (χ0) is 20.8. The smallest absolute Gasteiger partial charge is 0.269 e. The molecule has 1 N–H and O–H groups in total. The summed E-state index contributed by atoms with van der Waals surface area (Å²) in [5.41, 5.74) is 3.90. The number of amides is 1. The Morgan fingerprint density at radius 1 is 1.28 bits per heavy atom. The number of hydrogen-bond acceptors (Lipinski definition) is 5. The lowest BCUT2D eigenvalue weighted by molar-refractivity contribution is 0.0922. The molecule has 154 valence electrons. The number of aromatic nitrogens is 2. The molecule has 7 heteroatoms. The van der Waals surface area contributed by atoms with E-state index in [9.17, 15) is 4.79 Å². The Labute approximate surface area is 176 Å². The minimum atomic E-state index is -0.146. The molecule has 3 rings (SSSR count). The lowest BCUT2D eigenvalue weighted by Crippen LogP contribution is -2.34. The fourth-order valence-electron chi connectivity index (χ4n) is 3.20. The van der Waals surface area contributed by atoms with Crippen molar-refractivity contribution in [3.05, 3.63) is 69.7 Å². The molecule has 1 atom stereocenters. The number of carbonyl (C=O) groups is 1. The third-order valence-corrected chi connectivity index (χ3v) is 5.24. The van der Waals surface area contributed by atoms with Crippen molar-refractivity contribution >= 4 is 17.2 Å². The van der Waals surface area contributed by atoms with Gasteiger partial charge in [-0.05, 0) is 67.0 Å². The van der Waals surface area contributed by atoms with Crippen molar-refractivity contribution in [2.75, 3.05) is 13.6 Å². The van der Waals surface area contributed by atoms with E-state index in [0.29, 0.717) is 12.2 Å². The first-order valence-corrected chi connectivity index (χ1v) is 10.6. The Morgan fingerprint density at radius 3 is 2.76 bits per heavy atom. The highest BCUT2D eigenvalue weighted by atomic mass is 32.1. The van der Waals surface area contributed by atoms with Gasteiger partial charge in [-0.25, -0.2) is 0 Å². The van der Waals surface area contributed by atoms with Crippen molar-refractivity contribution in [1.82, 2.24) is 20.0 Å². The molecule has 0 aliphatic rings. The standard InChI is InChI=1S/C22H28N4O2S/c1-16-10-21(26(4)24-16)22(27)23-12-17(2)28-20-7-5-6-18(11-20)13-25(3)14-19-8-9-29-15-19/h5-11,15,17H,12-14H2,1-4H3,(H,23,27). The van der Waals surface area contributed by atoms with Crippen molar-refractivity contribution in [3.8, 4) is 5.75 Å². The molecule has 0 fully saturated rings. The Balaban J connectivity index is 1.50. The Morgan fingerprint density at radius 2 is 2.07 bits per heavy atom. The molecule has 2 heterocycles. The second kappa shape index (κ2) is 9.71. The maximum absolute atomic E-state index is 12.3. The Bertz CT molecular complexity index is 936. The van der Waals surface area contributed by atoms with Gasteiger partial charge in [0.2, 0.25) is 0 Å². The number of carbonyl (C=O) groups excluding carboxylic acids is 1. The van der Waals surface area contributed by atoms with Gasteiger partial charge in [-0.15, -0.1) is 0 Å². The van der Waals surface area contributed by atoms with Crippen molar-refractivity contribution in [1.29, 1.82) is 0 Å². The average molecular weight is 413 g/mol. The van der Waals surface area contributed by atoms with E-state index in [-0.39, 0.29) is 12.0 Å². The highest BCUT2D eigenvalue weighted by molar-refractivity contribution is 7.07. The van der Waals surface area contributed by atoms with Gasteiger partial charge < -0.3 is 10.1 Å². The van der Waals surface area contributed by atoms with Crippen LogP contribution >= 0.6 is 11.3 Å². The summed E-state index contributed by atoms with van der Waals surface area (Å²) in [6.07, 6.45) is -0.146. The van der Waals surface area contributed by atoms with Crippen LogP contribution in [0.4, 0.5) is 0 Å². The number of thiophene rings is 1. The van der Waals surface area contributed by atoms with E-state index in [0.717, 1.165) is 24.5 Å². The van der Waals surface area contributed by atoms with Crippen LogP contribution in [0.15, 0.2) is 47.2 Å². The van der Waals surface area contributed by atoms with Crippen LogP contribution in [0.3, 0.4) is 0 Å². The normalized spacial score (nSPS) is 12.2. The van der Waals surface area contributed by atoms with Crippen LogP contribution in [0.1, 0.15) is 34.2 Å². The van der Waals surface area contributed by atoms with Crippen molar-refractivity contribution in [3.63, 3.8) is 0 Å².